The maximum atomic E-state index is 11.1. The number of hydrogen-bond acceptors (Lipinski definition) is 5. The summed E-state index contributed by atoms with van der Waals surface area (Å²) < 4.78 is 5.70. The molecule has 0 fully saturated rings. The molecule has 2 rings (SSSR count). The number of para-hydroxylation sites is 1. The van der Waals surface area contributed by atoms with E-state index in [1.807, 2.05) is 31.2 Å². The van der Waals surface area contributed by atoms with Gasteiger partial charge in [0.15, 0.2) is 0 Å². The average Bonchev–Trinajstić information content (AvgIpc) is 2.43. The summed E-state index contributed by atoms with van der Waals surface area (Å²) in [6.45, 7) is 1.99. The van der Waals surface area contributed by atoms with Crippen LogP contribution >= 0.6 is 11.8 Å². The normalized spacial score (nSPS) is 10.0. The van der Waals surface area contributed by atoms with Gasteiger partial charge in [-0.3, -0.25) is 4.89 Å². The SMILES string of the molecule is Cc1ccc(Oc2ccccc2SC(=O)OO)cc1. The number of carbonyl (C=O) groups excluding carboxylic acids is 1. The van der Waals surface area contributed by atoms with Crippen LogP contribution in [-0.4, -0.2) is 10.6 Å². The summed E-state index contributed by atoms with van der Waals surface area (Å²) in [5.74, 6) is 1.21. The third-order valence-corrected chi connectivity index (χ3v) is 3.16. The van der Waals surface area contributed by atoms with Crippen molar-refractivity contribution in [3.63, 3.8) is 0 Å². The highest BCUT2D eigenvalue weighted by atomic mass is 32.2. The van der Waals surface area contributed by atoms with Crippen molar-refractivity contribution in [3.8, 4) is 11.5 Å². The first kappa shape index (κ1) is 13.5. The third-order valence-electron chi connectivity index (χ3n) is 2.37. The van der Waals surface area contributed by atoms with E-state index in [4.69, 9.17) is 9.99 Å². The highest BCUT2D eigenvalue weighted by molar-refractivity contribution is 8.13. The summed E-state index contributed by atoms with van der Waals surface area (Å²) in [5, 5.41) is 7.49. The average molecular weight is 276 g/mol. The van der Waals surface area contributed by atoms with E-state index in [2.05, 4.69) is 4.89 Å². The van der Waals surface area contributed by atoms with Crippen LogP contribution in [0.5, 0.6) is 11.5 Å². The van der Waals surface area contributed by atoms with Crippen molar-refractivity contribution >= 4 is 17.1 Å². The number of hydrogen-bond donors (Lipinski definition) is 1. The van der Waals surface area contributed by atoms with Crippen molar-refractivity contribution in [1.82, 2.24) is 0 Å². The Hall–Kier alpha value is -1.98. The Morgan fingerprint density at radius 1 is 1.11 bits per heavy atom. The second-order valence-electron chi connectivity index (χ2n) is 3.81. The van der Waals surface area contributed by atoms with E-state index in [0.717, 1.165) is 17.3 Å². The van der Waals surface area contributed by atoms with Gasteiger partial charge in [-0.1, -0.05) is 29.8 Å². The molecular weight excluding hydrogens is 264 g/mol. The molecule has 2 aromatic rings. The van der Waals surface area contributed by atoms with Crippen molar-refractivity contribution < 1.29 is 19.7 Å². The molecule has 0 aliphatic carbocycles. The lowest BCUT2D eigenvalue weighted by atomic mass is 10.2. The molecule has 0 aliphatic rings. The van der Waals surface area contributed by atoms with Crippen molar-refractivity contribution in [2.24, 2.45) is 0 Å². The Labute approximate surface area is 114 Å². The molecule has 0 spiro atoms. The van der Waals surface area contributed by atoms with Gasteiger partial charge in [0.05, 0.1) is 4.90 Å². The van der Waals surface area contributed by atoms with Gasteiger partial charge in [-0.25, -0.2) is 4.79 Å². The van der Waals surface area contributed by atoms with E-state index in [0.29, 0.717) is 16.4 Å². The first-order valence-corrected chi connectivity index (χ1v) is 6.37. The van der Waals surface area contributed by atoms with Crippen molar-refractivity contribution in [2.45, 2.75) is 11.8 Å². The van der Waals surface area contributed by atoms with Crippen molar-refractivity contribution in [2.75, 3.05) is 0 Å². The zero-order chi connectivity index (χ0) is 13.7. The molecule has 98 valence electrons. The van der Waals surface area contributed by atoms with E-state index in [1.54, 1.807) is 24.3 Å². The van der Waals surface area contributed by atoms with Crippen LogP contribution in [0.1, 0.15) is 5.56 Å². The van der Waals surface area contributed by atoms with E-state index >= 15 is 0 Å². The first-order chi connectivity index (χ1) is 9.19. The molecule has 19 heavy (non-hydrogen) atoms. The van der Waals surface area contributed by atoms with Crippen LogP contribution in [0, 0.1) is 6.92 Å². The Morgan fingerprint density at radius 2 is 1.79 bits per heavy atom. The fourth-order valence-electron chi connectivity index (χ4n) is 1.46. The smallest absolute Gasteiger partial charge is 0.404 e. The van der Waals surface area contributed by atoms with Gasteiger partial charge in [0.1, 0.15) is 11.5 Å². The first-order valence-electron chi connectivity index (χ1n) is 5.56. The monoisotopic (exact) mass is 276 g/mol. The molecule has 0 heterocycles. The van der Waals surface area contributed by atoms with Crippen molar-refractivity contribution in [3.05, 3.63) is 54.1 Å². The molecule has 0 amide bonds. The standard InChI is InChI=1S/C14H12O4S/c1-10-6-8-11(9-7-10)17-12-4-2-3-5-13(12)19-14(15)18-16/h2-9,16H,1H3. The number of carbonyl (C=O) groups is 1. The van der Waals surface area contributed by atoms with Gasteiger partial charge in [0.2, 0.25) is 0 Å². The molecule has 2 aromatic carbocycles. The molecule has 0 saturated heterocycles. The van der Waals surface area contributed by atoms with Crippen LogP contribution in [-0.2, 0) is 4.89 Å². The largest absolute Gasteiger partial charge is 0.456 e. The molecule has 0 atom stereocenters. The summed E-state index contributed by atoms with van der Waals surface area (Å²) in [6, 6.07) is 14.6. The fraction of sp³-hybridized carbons (Fsp3) is 0.0714. The molecule has 5 heteroatoms. The Bertz CT molecular complexity index is 566. The van der Waals surface area contributed by atoms with Gasteiger partial charge in [-0.2, -0.15) is 5.26 Å². The summed E-state index contributed by atoms with van der Waals surface area (Å²) in [7, 11) is 0. The minimum absolute atomic E-state index is 0.529. The van der Waals surface area contributed by atoms with Gasteiger partial charge in [-0.15, -0.1) is 0 Å². The molecule has 0 aromatic heterocycles. The Morgan fingerprint density at radius 3 is 2.47 bits per heavy atom. The molecule has 4 nitrogen and oxygen atoms in total. The van der Waals surface area contributed by atoms with E-state index in [1.165, 1.54) is 0 Å². The molecule has 1 N–H and O–H groups in total. The predicted molar refractivity (Wildman–Crippen MR) is 72.7 cm³/mol. The van der Waals surface area contributed by atoms with Gasteiger partial charge < -0.3 is 4.74 Å². The number of rotatable bonds is 3. The van der Waals surface area contributed by atoms with E-state index in [-0.39, 0.29) is 0 Å². The highest BCUT2D eigenvalue weighted by Gasteiger charge is 2.11. The number of thioether (sulfide) groups is 1. The Kier molecular flexibility index (Phi) is 4.43. The van der Waals surface area contributed by atoms with Gasteiger partial charge in [-0.05, 0) is 43.0 Å². The highest BCUT2D eigenvalue weighted by Crippen LogP contribution is 2.33. The minimum Gasteiger partial charge on any atom is -0.456 e. The maximum Gasteiger partial charge on any atom is 0.404 e. The topological polar surface area (TPSA) is 55.8 Å². The van der Waals surface area contributed by atoms with Crippen LogP contribution < -0.4 is 4.74 Å². The lowest BCUT2D eigenvalue weighted by Crippen LogP contribution is -1.93. The van der Waals surface area contributed by atoms with Gasteiger partial charge in [0.25, 0.3) is 0 Å². The third kappa shape index (κ3) is 3.74. The molecule has 0 saturated carbocycles. The fourth-order valence-corrected chi connectivity index (χ4v) is 2.03. The molecule has 0 bridgehead atoms. The lowest BCUT2D eigenvalue weighted by Gasteiger charge is -2.09. The second-order valence-corrected chi connectivity index (χ2v) is 4.78. The number of ether oxygens (including phenoxy) is 1. The quantitative estimate of drug-likeness (QED) is 0.508. The molecular formula is C14H12O4S. The zero-order valence-electron chi connectivity index (χ0n) is 10.2. The van der Waals surface area contributed by atoms with Gasteiger partial charge in [0, 0.05) is 0 Å². The number of benzene rings is 2. The lowest BCUT2D eigenvalue weighted by molar-refractivity contribution is -0.166. The molecule has 0 radical (unpaired) electrons. The summed E-state index contributed by atoms with van der Waals surface area (Å²) in [4.78, 5) is 15.3. The summed E-state index contributed by atoms with van der Waals surface area (Å²) in [5.41, 5.74) is 1.14. The predicted octanol–water partition coefficient (Wildman–Crippen LogP) is 4.49. The zero-order valence-corrected chi connectivity index (χ0v) is 11.0. The van der Waals surface area contributed by atoms with Crippen LogP contribution in [0.3, 0.4) is 0 Å². The van der Waals surface area contributed by atoms with Gasteiger partial charge >= 0.3 is 5.30 Å². The van der Waals surface area contributed by atoms with Crippen LogP contribution in [0.15, 0.2) is 53.4 Å². The van der Waals surface area contributed by atoms with E-state index in [9.17, 15) is 4.79 Å². The second kappa shape index (κ2) is 6.26. The molecule has 0 aliphatic heterocycles. The molecule has 0 unspecified atom stereocenters. The minimum atomic E-state index is -0.806. The summed E-state index contributed by atoms with van der Waals surface area (Å²) >= 11 is 0.756. The van der Waals surface area contributed by atoms with Crippen molar-refractivity contribution in [1.29, 1.82) is 0 Å². The van der Waals surface area contributed by atoms with E-state index < -0.39 is 5.30 Å². The van der Waals surface area contributed by atoms with Crippen LogP contribution in [0.25, 0.3) is 0 Å². The van der Waals surface area contributed by atoms with Crippen LogP contribution in [0.2, 0.25) is 0 Å². The summed E-state index contributed by atoms with van der Waals surface area (Å²) in [6.07, 6.45) is 0. The Balaban J connectivity index is 2.20. The van der Waals surface area contributed by atoms with Crippen LogP contribution in [0.4, 0.5) is 4.79 Å². The number of aryl methyl sites for hydroxylation is 1. The maximum absolute atomic E-state index is 11.1.